The molecule has 4 atom stereocenters. The maximum Gasteiger partial charge on any atom is 0.308 e. The first-order valence-electron chi connectivity index (χ1n) is 9.34. The van der Waals surface area contributed by atoms with Gasteiger partial charge < -0.3 is 10.0 Å². The first-order valence-corrected chi connectivity index (χ1v) is 9.71. The van der Waals surface area contributed by atoms with Crippen molar-refractivity contribution in [3.05, 3.63) is 70.7 Å². The number of benzene rings is 2. The zero-order chi connectivity index (χ0) is 19.0. The molecule has 4 rings (SSSR count). The predicted octanol–water partition coefficient (Wildman–Crippen LogP) is 4.16. The summed E-state index contributed by atoms with van der Waals surface area (Å²) in [6.45, 7) is 0.740. The maximum absolute atomic E-state index is 12.8. The second-order valence-electron chi connectivity index (χ2n) is 7.62. The van der Waals surface area contributed by atoms with Crippen LogP contribution in [0.5, 0.6) is 0 Å². The highest BCUT2D eigenvalue weighted by Gasteiger charge is 2.44. The van der Waals surface area contributed by atoms with Crippen LogP contribution in [0.1, 0.15) is 35.8 Å². The first kappa shape index (κ1) is 18.1. The number of nitrogens with zero attached hydrogens (tertiary/aromatic N) is 1. The van der Waals surface area contributed by atoms with Crippen molar-refractivity contribution in [2.45, 2.75) is 24.7 Å². The quantitative estimate of drug-likeness (QED) is 0.843. The van der Waals surface area contributed by atoms with Crippen molar-refractivity contribution in [2.24, 2.45) is 11.8 Å². The fourth-order valence-electron chi connectivity index (χ4n) is 4.24. The predicted molar refractivity (Wildman–Crippen MR) is 104 cm³/mol. The summed E-state index contributed by atoms with van der Waals surface area (Å²) in [6.07, 6.45) is 1.53. The molecular formula is C22H22ClNO3. The fraction of sp³-hybridized carbons (Fsp3) is 0.364. The van der Waals surface area contributed by atoms with E-state index in [1.807, 2.05) is 30.3 Å². The molecule has 140 valence electrons. The number of carboxylic acid groups (broad SMARTS) is 1. The Labute approximate surface area is 163 Å². The summed E-state index contributed by atoms with van der Waals surface area (Å²) in [5, 5.41) is 10.2. The van der Waals surface area contributed by atoms with E-state index in [4.69, 9.17) is 11.6 Å². The highest BCUT2D eigenvalue weighted by atomic mass is 35.5. The van der Waals surface area contributed by atoms with Crippen LogP contribution in [0, 0.1) is 11.8 Å². The number of carbonyl (C=O) groups is 2. The van der Waals surface area contributed by atoms with Gasteiger partial charge in [-0.3, -0.25) is 9.59 Å². The van der Waals surface area contributed by atoms with Crippen LogP contribution < -0.4 is 0 Å². The molecule has 1 aliphatic carbocycles. The smallest absolute Gasteiger partial charge is 0.308 e. The van der Waals surface area contributed by atoms with E-state index in [9.17, 15) is 14.7 Å². The lowest BCUT2D eigenvalue weighted by Crippen LogP contribution is -2.30. The molecule has 2 aliphatic rings. The van der Waals surface area contributed by atoms with Crippen LogP contribution in [-0.4, -0.2) is 35.0 Å². The minimum absolute atomic E-state index is 0.0705. The van der Waals surface area contributed by atoms with E-state index in [0.717, 1.165) is 12.0 Å². The minimum Gasteiger partial charge on any atom is -0.481 e. The SMILES string of the molecule is O=C(O)[C@@H]1CN(C(=O)C[C@@H]2C[C@H]2c2ccccc2)C[C@H]1c1ccc(Cl)cc1. The molecule has 0 aromatic heterocycles. The molecule has 1 amide bonds. The number of carboxylic acids is 1. The van der Waals surface area contributed by atoms with Gasteiger partial charge >= 0.3 is 5.97 Å². The summed E-state index contributed by atoms with van der Waals surface area (Å²) in [4.78, 5) is 26.2. The number of rotatable bonds is 5. The highest BCUT2D eigenvalue weighted by molar-refractivity contribution is 6.30. The van der Waals surface area contributed by atoms with Gasteiger partial charge in [0.1, 0.15) is 0 Å². The van der Waals surface area contributed by atoms with E-state index >= 15 is 0 Å². The van der Waals surface area contributed by atoms with E-state index in [1.54, 1.807) is 17.0 Å². The van der Waals surface area contributed by atoms with Gasteiger partial charge in [-0.1, -0.05) is 54.1 Å². The van der Waals surface area contributed by atoms with E-state index in [1.165, 1.54) is 5.56 Å². The number of likely N-dealkylation sites (tertiary alicyclic amines) is 1. The molecule has 2 fully saturated rings. The Hall–Kier alpha value is -2.33. The third kappa shape index (κ3) is 3.86. The van der Waals surface area contributed by atoms with Crippen LogP contribution in [0.3, 0.4) is 0 Å². The molecule has 0 bridgehead atoms. The van der Waals surface area contributed by atoms with E-state index in [2.05, 4.69) is 12.1 Å². The summed E-state index contributed by atoms with van der Waals surface area (Å²) in [5.74, 6) is -0.704. The average Bonchev–Trinajstić information content (AvgIpc) is 3.28. The van der Waals surface area contributed by atoms with Gasteiger partial charge in [0, 0.05) is 30.5 Å². The molecule has 0 unspecified atom stereocenters. The molecule has 1 heterocycles. The maximum atomic E-state index is 12.8. The van der Waals surface area contributed by atoms with Gasteiger partial charge in [-0.15, -0.1) is 0 Å². The molecule has 1 saturated heterocycles. The van der Waals surface area contributed by atoms with Gasteiger partial charge in [0.15, 0.2) is 0 Å². The second kappa shape index (κ2) is 7.35. The van der Waals surface area contributed by atoms with Gasteiger partial charge in [-0.2, -0.15) is 0 Å². The number of hydrogen-bond acceptors (Lipinski definition) is 2. The third-order valence-electron chi connectivity index (χ3n) is 5.88. The molecule has 1 N–H and O–H groups in total. The fourth-order valence-corrected chi connectivity index (χ4v) is 4.37. The number of hydrogen-bond donors (Lipinski definition) is 1. The van der Waals surface area contributed by atoms with Crippen LogP contribution in [0.15, 0.2) is 54.6 Å². The summed E-state index contributed by atoms with van der Waals surface area (Å²) >= 11 is 5.94. The summed E-state index contributed by atoms with van der Waals surface area (Å²) < 4.78 is 0. The topological polar surface area (TPSA) is 57.6 Å². The summed E-state index contributed by atoms with van der Waals surface area (Å²) in [6, 6.07) is 17.6. The van der Waals surface area contributed by atoms with Crippen molar-refractivity contribution < 1.29 is 14.7 Å². The van der Waals surface area contributed by atoms with Gasteiger partial charge in [0.25, 0.3) is 0 Å². The first-order chi connectivity index (χ1) is 13.0. The van der Waals surface area contributed by atoms with Gasteiger partial charge in [-0.05, 0) is 41.5 Å². The molecule has 0 spiro atoms. The molecule has 4 nitrogen and oxygen atoms in total. The number of aliphatic carboxylic acids is 1. The number of amides is 1. The number of halogens is 1. The Kier molecular flexibility index (Phi) is 4.92. The van der Waals surface area contributed by atoms with Crippen LogP contribution >= 0.6 is 11.6 Å². The van der Waals surface area contributed by atoms with Gasteiger partial charge in [0.05, 0.1) is 5.92 Å². The molecule has 2 aromatic rings. The Balaban J connectivity index is 1.41. The third-order valence-corrected chi connectivity index (χ3v) is 6.13. The molecule has 0 radical (unpaired) electrons. The molecular weight excluding hydrogens is 362 g/mol. The van der Waals surface area contributed by atoms with E-state index in [-0.39, 0.29) is 18.4 Å². The average molecular weight is 384 g/mol. The lowest BCUT2D eigenvalue weighted by Gasteiger charge is -2.16. The minimum atomic E-state index is -0.848. The standard InChI is InChI=1S/C22H22ClNO3/c23-17-8-6-15(7-9-17)19-12-24(13-20(19)22(26)27)21(25)11-16-10-18(16)14-4-2-1-3-5-14/h1-9,16,18-20H,10-13H2,(H,26,27)/t16-,18-,19-,20+/m0/s1. The second-order valence-corrected chi connectivity index (χ2v) is 8.06. The molecule has 1 aliphatic heterocycles. The molecule has 5 heteroatoms. The highest BCUT2D eigenvalue weighted by Crippen LogP contribution is 2.50. The van der Waals surface area contributed by atoms with E-state index < -0.39 is 11.9 Å². The van der Waals surface area contributed by atoms with Crippen molar-refractivity contribution in [1.82, 2.24) is 4.90 Å². The van der Waals surface area contributed by atoms with Gasteiger partial charge in [0.2, 0.25) is 5.91 Å². The Bertz CT molecular complexity index is 836. The van der Waals surface area contributed by atoms with Crippen LogP contribution in [0.4, 0.5) is 0 Å². The van der Waals surface area contributed by atoms with Crippen LogP contribution in [-0.2, 0) is 9.59 Å². The zero-order valence-corrected chi connectivity index (χ0v) is 15.7. The largest absolute Gasteiger partial charge is 0.481 e. The van der Waals surface area contributed by atoms with Crippen LogP contribution in [0.2, 0.25) is 5.02 Å². The van der Waals surface area contributed by atoms with Crippen molar-refractivity contribution >= 4 is 23.5 Å². The monoisotopic (exact) mass is 383 g/mol. The van der Waals surface area contributed by atoms with E-state index in [0.29, 0.717) is 29.8 Å². The van der Waals surface area contributed by atoms with Crippen molar-refractivity contribution in [2.75, 3.05) is 13.1 Å². The van der Waals surface area contributed by atoms with Gasteiger partial charge in [-0.25, -0.2) is 0 Å². The Morgan fingerprint density at radius 2 is 1.63 bits per heavy atom. The number of carbonyl (C=O) groups excluding carboxylic acids is 1. The Morgan fingerprint density at radius 1 is 0.963 bits per heavy atom. The molecule has 27 heavy (non-hydrogen) atoms. The van der Waals surface area contributed by atoms with Crippen molar-refractivity contribution in [1.29, 1.82) is 0 Å². The lowest BCUT2D eigenvalue weighted by molar-refractivity contribution is -0.141. The Morgan fingerprint density at radius 3 is 2.30 bits per heavy atom. The lowest BCUT2D eigenvalue weighted by atomic mass is 9.89. The summed E-state index contributed by atoms with van der Waals surface area (Å²) in [5.41, 5.74) is 2.22. The van der Waals surface area contributed by atoms with Crippen molar-refractivity contribution in [3.8, 4) is 0 Å². The molecule has 1 saturated carbocycles. The summed E-state index contributed by atoms with van der Waals surface area (Å²) in [7, 11) is 0. The normalized spacial score (nSPS) is 26.8. The van der Waals surface area contributed by atoms with Crippen molar-refractivity contribution in [3.63, 3.8) is 0 Å². The molecule has 2 aromatic carbocycles. The zero-order valence-electron chi connectivity index (χ0n) is 14.9. The van der Waals surface area contributed by atoms with Crippen LogP contribution in [0.25, 0.3) is 0 Å².